The summed E-state index contributed by atoms with van der Waals surface area (Å²) in [5, 5.41) is 0. The Morgan fingerprint density at radius 3 is 2.41 bits per heavy atom. The number of hydrogen-bond donors (Lipinski definition) is 2. The summed E-state index contributed by atoms with van der Waals surface area (Å²) in [6, 6.07) is 12.9. The van der Waals surface area contributed by atoms with Gasteiger partial charge in [0.1, 0.15) is 5.82 Å². The van der Waals surface area contributed by atoms with E-state index < -0.39 is 25.9 Å². The van der Waals surface area contributed by atoms with Crippen LogP contribution in [0.25, 0.3) is 11.3 Å². The van der Waals surface area contributed by atoms with E-state index in [1.165, 1.54) is 12.1 Å². The SMILES string of the molecule is CCC(NS(=O)(=O)c1cc(S(C)(=O)=O)ccc1Br)c1ncc(-c2ccccc2)[nH]1. The molecule has 2 N–H and O–H groups in total. The van der Waals surface area contributed by atoms with Crippen LogP contribution in [0.3, 0.4) is 0 Å². The lowest BCUT2D eigenvalue weighted by atomic mass is 10.2. The fourth-order valence-electron chi connectivity index (χ4n) is 2.78. The molecule has 154 valence electrons. The number of nitrogens with zero attached hydrogens (tertiary/aromatic N) is 1. The summed E-state index contributed by atoms with van der Waals surface area (Å²) < 4.78 is 52.5. The molecule has 10 heteroatoms. The van der Waals surface area contributed by atoms with E-state index in [4.69, 9.17) is 0 Å². The Kier molecular flexibility index (Phi) is 6.27. The highest BCUT2D eigenvalue weighted by Gasteiger charge is 2.25. The van der Waals surface area contributed by atoms with Crippen molar-refractivity contribution >= 4 is 35.8 Å². The van der Waals surface area contributed by atoms with Crippen LogP contribution in [0.4, 0.5) is 0 Å². The Labute approximate surface area is 178 Å². The summed E-state index contributed by atoms with van der Waals surface area (Å²) in [4.78, 5) is 7.27. The number of hydrogen-bond acceptors (Lipinski definition) is 5. The van der Waals surface area contributed by atoms with E-state index in [2.05, 4.69) is 30.6 Å². The van der Waals surface area contributed by atoms with Gasteiger partial charge in [0.15, 0.2) is 9.84 Å². The topological polar surface area (TPSA) is 109 Å². The van der Waals surface area contributed by atoms with Gasteiger partial charge in [-0.05, 0) is 46.1 Å². The van der Waals surface area contributed by atoms with Crippen molar-refractivity contribution in [3.63, 3.8) is 0 Å². The summed E-state index contributed by atoms with van der Waals surface area (Å²) in [6.07, 6.45) is 3.13. The first-order valence-electron chi connectivity index (χ1n) is 8.74. The van der Waals surface area contributed by atoms with Crippen molar-refractivity contribution in [1.82, 2.24) is 14.7 Å². The highest BCUT2D eigenvalue weighted by Crippen LogP contribution is 2.28. The lowest BCUT2D eigenvalue weighted by Gasteiger charge is -2.16. The molecule has 0 amide bonds. The Bertz CT molecular complexity index is 1220. The Hall–Kier alpha value is -2.01. The average molecular weight is 498 g/mol. The van der Waals surface area contributed by atoms with Gasteiger partial charge in [-0.2, -0.15) is 0 Å². The van der Waals surface area contributed by atoms with Crippen molar-refractivity contribution in [2.24, 2.45) is 0 Å². The number of sulfone groups is 1. The van der Waals surface area contributed by atoms with Gasteiger partial charge in [-0.1, -0.05) is 37.3 Å². The molecule has 1 aromatic heterocycles. The standard InChI is InChI=1S/C19H20BrN3O4S2/c1-3-16(19-21-12-17(22-19)13-7-5-4-6-8-13)23-29(26,27)18-11-14(28(2,24)25)9-10-15(18)20/h4-12,16,23H,3H2,1-2H3,(H,21,22). The number of aromatic nitrogens is 2. The van der Waals surface area contributed by atoms with Crippen molar-refractivity contribution in [2.45, 2.75) is 29.2 Å². The fourth-order valence-corrected chi connectivity index (χ4v) is 5.78. The van der Waals surface area contributed by atoms with Gasteiger partial charge < -0.3 is 4.98 Å². The molecule has 0 saturated carbocycles. The minimum atomic E-state index is -4.01. The predicted octanol–water partition coefficient (Wildman–Crippen LogP) is 3.67. The van der Waals surface area contributed by atoms with Gasteiger partial charge >= 0.3 is 0 Å². The number of imidazole rings is 1. The third-order valence-electron chi connectivity index (χ3n) is 4.34. The van der Waals surface area contributed by atoms with E-state index in [1.807, 2.05) is 37.3 Å². The summed E-state index contributed by atoms with van der Waals surface area (Å²) >= 11 is 3.20. The molecule has 3 rings (SSSR count). The van der Waals surface area contributed by atoms with Crippen molar-refractivity contribution in [3.8, 4) is 11.3 Å². The molecule has 0 bridgehead atoms. The molecule has 3 aromatic rings. The van der Waals surface area contributed by atoms with Crippen LogP contribution in [0.5, 0.6) is 0 Å². The molecule has 0 aliphatic heterocycles. The third kappa shape index (κ3) is 4.95. The molecule has 1 heterocycles. The van der Waals surface area contributed by atoms with Crippen LogP contribution in [-0.4, -0.2) is 33.1 Å². The number of nitrogens with one attached hydrogen (secondary N) is 2. The van der Waals surface area contributed by atoms with Crippen LogP contribution >= 0.6 is 15.9 Å². The van der Waals surface area contributed by atoms with E-state index in [-0.39, 0.29) is 14.3 Å². The van der Waals surface area contributed by atoms with Crippen molar-refractivity contribution in [1.29, 1.82) is 0 Å². The Balaban J connectivity index is 1.92. The predicted molar refractivity (Wildman–Crippen MR) is 115 cm³/mol. The molecular formula is C19H20BrN3O4S2. The minimum absolute atomic E-state index is 0.0708. The van der Waals surface area contributed by atoms with Crippen LogP contribution in [-0.2, 0) is 19.9 Å². The Morgan fingerprint density at radius 2 is 1.79 bits per heavy atom. The zero-order valence-corrected chi connectivity index (χ0v) is 19.0. The van der Waals surface area contributed by atoms with Gasteiger partial charge in [-0.3, -0.25) is 0 Å². The van der Waals surface area contributed by atoms with E-state index in [9.17, 15) is 16.8 Å². The molecule has 0 aliphatic carbocycles. The lowest BCUT2D eigenvalue weighted by Crippen LogP contribution is -2.29. The summed E-state index contributed by atoms with van der Waals surface area (Å²) in [5.41, 5.74) is 1.71. The normalized spacial score (nSPS) is 13.3. The fraction of sp³-hybridized carbons (Fsp3) is 0.211. The van der Waals surface area contributed by atoms with Gasteiger partial charge in [-0.15, -0.1) is 0 Å². The van der Waals surface area contributed by atoms with E-state index in [0.29, 0.717) is 12.2 Å². The lowest BCUT2D eigenvalue weighted by molar-refractivity contribution is 0.539. The third-order valence-corrected chi connectivity index (χ3v) is 7.91. The quantitative estimate of drug-likeness (QED) is 0.517. The highest BCUT2D eigenvalue weighted by molar-refractivity contribution is 9.10. The molecular weight excluding hydrogens is 478 g/mol. The van der Waals surface area contributed by atoms with E-state index in [0.717, 1.165) is 23.6 Å². The van der Waals surface area contributed by atoms with Crippen LogP contribution in [0.15, 0.2) is 69.0 Å². The molecule has 0 saturated heterocycles. The number of rotatable bonds is 7. The largest absolute Gasteiger partial charge is 0.341 e. The number of benzene rings is 2. The molecule has 0 spiro atoms. The average Bonchev–Trinajstić information content (AvgIpc) is 3.16. The second-order valence-electron chi connectivity index (χ2n) is 6.49. The maximum Gasteiger partial charge on any atom is 0.242 e. The summed E-state index contributed by atoms with van der Waals surface area (Å²) in [5.74, 6) is 0.477. The summed E-state index contributed by atoms with van der Waals surface area (Å²) in [6.45, 7) is 1.83. The number of aromatic amines is 1. The van der Waals surface area contributed by atoms with Gasteiger partial charge in [0.2, 0.25) is 10.0 Å². The molecule has 0 aliphatic rings. The monoisotopic (exact) mass is 497 g/mol. The second kappa shape index (κ2) is 8.39. The second-order valence-corrected chi connectivity index (χ2v) is 11.0. The van der Waals surface area contributed by atoms with Crippen LogP contribution in [0.2, 0.25) is 0 Å². The van der Waals surface area contributed by atoms with E-state index >= 15 is 0 Å². The zero-order valence-electron chi connectivity index (χ0n) is 15.8. The van der Waals surface area contributed by atoms with Crippen molar-refractivity contribution < 1.29 is 16.8 Å². The van der Waals surface area contributed by atoms with Gasteiger partial charge in [0.25, 0.3) is 0 Å². The zero-order chi connectivity index (χ0) is 21.2. The summed E-state index contributed by atoms with van der Waals surface area (Å²) in [7, 11) is -7.56. The first kappa shape index (κ1) is 21.7. The molecule has 1 atom stereocenters. The van der Waals surface area contributed by atoms with E-state index in [1.54, 1.807) is 6.20 Å². The van der Waals surface area contributed by atoms with Crippen LogP contribution in [0, 0.1) is 0 Å². The first-order valence-corrected chi connectivity index (χ1v) is 12.9. The van der Waals surface area contributed by atoms with Crippen molar-refractivity contribution in [2.75, 3.05) is 6.26 Å². The Morgan fingerprint density at radius 1 is 1.10 bits per heavy atom. The minimum Gasteiger partial charge on any atom is -0.341 e. The molecule has 7 nitrogen and oxygen atoms in total. The van der Waals surface area contributed by atoms with Gasteiger partial charge in [-0.25, -0.2) is 26.5 Å². The molecule has 0 fully saturated rings. The molecule has 29 heavy (non-hydrogen) atoms. The maximum atomic E-state index is 13.0. The maximum absolute atomic E-state index is 13.0. The smallest absolute Gasteiger partial charge is 0.242 e. The van der Waals surface area contributed by atoms with Crippen molar-refractivity contribution in [3.05, 3.63) is 65.0 Å². The highest BCUT2D eigenvalue weighted by atomic mass is 79.9. The van der Waals surface area contributed by atoms with Gasteiger partial charge in [0.05, 0.1) is 27.7 Å². The van der Waals surface area contributed by atoms with Gasteiger partial charge in [0, 0.05) is 10.7 Å². The van der Waals surface area contributed by atoms with Crippen LogP contribution in [0.1, 0.15) is 25.2 Å². The molecule has 1 unspecified atom stereocenters. The number of H-pyrrole nitrogens is 1. The number of halogens is 1. The van der Waals surface area contributed by atoms with Crippen LogP contribution < -0.4 is 4.72 Å². The molecule has 2 aromatic carbocycles. The number of sulfonamides is 1. The molecule has 0 radical (unpaired) electrons. The first-order chi connectivity index (χ1) is 13.6.